The number of hydrogen-bond donors (Lipinski definition) is 0. The predicted octanol–water partition coefficient (Wildman–Crippen LogP) is 5.02. The first-order valence-corrected chi connectivity index (χ1v) is 12.4. The maximum Gasteiger partial charge on any atom is 0.344 e. The Morgan fingerprint density at radius 1 is 0.949 bits per heavy atom. The number of hydrazone groups is 1. The SMILES string of the molecule is COc1ccc(C2CC(c3ccc4ccccc4c3)=NN2C(=O)COC(=O)COc2ccccc2C#N)cc1. The van der Waals surface area contributed by atoms with Crippen molar-refractivity contribution in [2.45, 2.75) is 12.5 Å². The number of nitriles is 1. The summed E-state index contributed by atoms with van der Waals surface area (Å²) in [6, 6.07) is 29.8. The van der Waals surface area contributed by atoms with Gasteiger partial charge in [0.1, 0.15) is 17.6 Å². The zero-order valence-corrected chi connectivity index (χ0v) is 21.2. The Morgan fingerprint density at radius 3 is 2.46 bits per heavy atom. The minimum absolute atomic E-state index is 0.270. The fourth-order valence-corrected chi connectivity index (χ4v) is 4.44. The van der Waals surface area contributed by atoms with Crippen molar-refractivity contribution in [2.75, 3.05) is 20.3 Å². The summed E-state index contributed by atoms with van der Waals surface area (Å²) in [6.45, 7) is -0.928. The topological polar surface area (TPSA) is 101 Å². The normalized spacial score (nSPS) is 14.4. The average molecular weight is 520 g/mol. The van der Waals surface area contributed by atoms with Crippen LogP contribution in [0.5, 0.6) is 11.5 Å². The number of amides is 1. The highest BCUT2D eigenvalue weighted by Gasteiger charge is 2.33. The van der Waals surface area contributed by atoms with E-state index >= 15 is 0 Å². The van der Waals surface area contributed by atoms with Gasteiger partial charge in [0.15, 0.2) is 13.2 Å². The molecule has 0 N–H and O–H groups in total. The van der Waals surface area contributed by atoms with E-state index < -0.39 is 25.1 Å². The summed E-state index contributed by atoms with van der Waals surface area (Å²) >= 11 is 0. The van der Waals surface area contributed by atoms with Crippen molar-refractivity contribution >= 4 is 28.4 Å². The van der Waals surface area contributed by atoms with Gasteiger partial charge in [-0.3, -0.25) is 4.79 Å². The number of rotatable bonds is 8. The molecule has 5 rings (SSSR count). The first kappa shape index (κ1) is 25.5. The number of nitrogens with zero attached hydrogens (tertiary/aromatic N) is 3. The van der Waals surface area contributed by atoms with Gasteiger partial charge < -0.3 is 14.2 Å². The van der Waals surface area contributed by atoms with Crippen LogP contribution in [0.4, 0.5) is 0 Å². The Hall–Kier alpha value is -5.16. The second-order valence-corrected chi connectivity index (χ2v) is 8.90. The van der Waals surface area contributed by atoms with Gasteiger partial charge in [-0.15, -0.1) is 0 Å². The Balaban J connectivity index is 1.32. The lowest BCUT2D eigenvalue weighted by atomic mass is 9.97. The maximum atomic E-state index is 13.3. The summed E-state index contributed by atoms with van der Waals surface area (Å²) in [5.74, 6) is -0.211. The minimum atomic E-state index is -0.727. The molecule has 0 fully saturated rings. The molecule has 0 saturated carbocycles. The van der Waals surface area contributed by atoms with Gasteiger partial charge in [-0.25, -0.2) is 9.80 Å². The fourth-order valence-electron chi connectivity index (χ4n) is 4.44. The number of hydrogen-bond acceptors (Lipinski definition) is 7. The number of ether oxygens (including phenoxy) is 3. The molecule has 0 aliphatic carbocycles. The highest BCUT2D eigenvalue weighted by Crippen LogP contribution is 2.34. The van der Waals surface area contributed by atoms with E-state index in [1.54, 1.807) is 31.4 Å². The third kappa shape index (κ3) is 5.73. The number of benzene rings is 4. The smallest absolute Gasteiger partial charge is 0.344 e. The summed E-state index contributed by atoms with van der Waals surface area (Å²) in [7, 11) is 1.60. The van der Waals surface area contributed by atoms with Gasteiger partial charge in [-0.2, -0.15) is 10.4 Å². The van der Waals surface area contributed by atoms with Gasteiger partial charge >= 0.3 is 5.97 Å². The van der Waals surface area contributed by atoms with Crippen LogP contribution in [0, 0.1) is 11.3 Å². The zero-order chi connectivity index (χ0) is 27.2. The number of methoxy groups -OCH3 is 1. The van der Waals surface area contributed by atoms with Gasteiger partial charge in [0.2, 0.25) is 0 Å². The first-order chi connectivity index (χ1) is 19.1. The quantitative estimate of drug-likeness (QED) is 0.303. The van der Waals surface area contributed by atoms with E-state index in [9.17, 15) is 9.59 Å². The molecule has 0 saturated heterocycles. The lowest BCUT2D eigenvalue weighted by Gasteiger charge is -2.22. The lowest BCUT2D eigenvalue weighted by molar-refractivity contribution is -0.154. The van der Waals surface area contributed by atoms with Crippen LogP contribution in [0.1, 0.15) is 29.2 Å². The van der Waals surface area contributed by atoms with Crippen molar-refractivity contribution in [1.82, 2.24) is 5.01 Å². The monoisotopic (exact) mass is 519 g/mol. The molecule has 8 heteroatoms. The fraction of sp³-hybridized carbons (Fsp3) is 0.161. The van der Waals surface area contributed by atoms with Crippen LogP contribution >= 0.6 is 0 Å². The van der Waals surface area contributed by atoms with Crippen molar-refractivity contribution < 1.29 is 23.8 Å². The Kier molecular flexibility index (Phi) is 7.51. The largest absolute Gasteiger partial charge is 0.497 e. The number of fused-ring (bicyclic) bond motifs is 1. The number of esters is 1. The molecular formula is C31H25N3O5. The van der Waals surface area contributed by atoms with Crippen LogP contribution < -0.4 is 9.47 Å². The van der Waals surface area contributed by atoms with Crippen molar-refractivity contribution in [2.24, 2.45) is 5.10 Å². The highest BCUT2D eigenvalue weighted by molar-refractivity contribution is 6.05. The Labute approximate surface area is 225 Å². The van der Waals surface area contributed by atoms with E-state index in [1.165, 1.54) is 5.01 Å². The average Bonchev–Trinajstić information content (AvgIpc) is 3.44. The van der Waals surface area contributed by atoms with E-state index in [4.69, 9.17) is 19.5 Å². The molecular weight excluding hydrogens is 494 g/mol. The molecule has 0 radical (unpaired) electrons. The van der Waals surface area contributed by atoms with Crippen LogP contribution in [0.2, 0.25) is 0 Å². The molecule has 194 valence electrons. The van der Waals surface area contributed by atoms with Crippen molar-refractivity contribution in [3.8, 4) is 17.6 Å². The van der Waals surface area contributed by atoms with Crippen LogP contribution in [0.3, 0.4) is 0 Å². The van der Waals surface area contributed by atoms with E-state index in [2.05, 4.69) is 11.2 Å². The van der Waals surface area contributed by atoms with Crippen molar-refractivity contribution in [1.29, 1.82) is 5.26 Å². The van der Waals surface area contributed by atoms with Gasteiger partial charge in [-0.1, -0.05) is 60.7 Å². The van der Waals surface area contributed by atoms with E-state index in [-0.39, 0.29) is 11.8 Å². The predicted molar refractivity (Wildman–Crippen MR) is 145 cm³/mol. The Bertz CT molecular complexity index is 1590. The second kappa shape index (κ2) is 11.5. The Morgan fingerprint density at radius 2 is 1.69 bits per heavy atom. The molecule has 1 heterocycles. The highest BCUT2D eigenvalue weighted by atomic mass is 16.6. The van der Waals surface area contributed by atoms with Crippen LogP contribution in [-0.4, -0.2) is 42.9 Å². The summed E-state index contributed by atoms with van der Waals surface area (Å²) in [4.78, 5) is 25.6. The van der Waals surface area contributed by atoms with Crippen molar-refractivity contribution in [3.05, 3.63) is 108 Å². The third-order valence-corrected chi connectivity index (χ3v) is 6.46. The summed E-state index contributed by atoms with van der Waals surface area (Å²) in [5, 5.41) is 17.4. The molecule has 1 aliphatic heterocycles. The lowest BCUT2D eigenvalue weighted by Crippen LogP contribution is -2.32. The molecule has 0 bridgehead atoms. The second-order valence-electron chi connectivity index (χ2n) is 8.90. The van der Waals surface area contributed by atoms with Crippen LogP contribution in [0.25, 0.3) is 10.8 Å². The van der Waals surface area contributed by atoms with Crippen LogP contribution in [-0.2, 0) is 14.3 Å². The van der Waals surface area contributed by atoms with Gasteiger partial charge in [0.05, 0.1) is 24.4 Å². The number of carbonyl (C=O) groups is 2. The van der Waals surface area contributed by atoms with E-state index in [1.807, 2.05) is 66.7 Å². The van der Waals surface area contributed by atoms with Gasteiger partial charge in [-0.05, 0) is 52.2 Å². The van der Waals surface area contributed by atoms with Crippen LogP contribution in [0.15, 0.2) is 96.1 Å². The maximum absolute atomic E-state index is 13.3. The van der Waals surface area contributed by atoms with Gasteiger partial charge in [0.25, 0.3) is 5.91 Å². The molecule has 1 atom stereocenters. The zero-order valence-electron chi connectivity index (χ0n) is 21.2. The van der Waals surface area contributed by atoms with E-state index in [0.717, 1.165) is 27.6 Å². The summed E-state index contributed by atoms with van der Waals surface area (Å²) in [6.07, 6.45) is 0.498. The third-order valence-electron chi connectivity index (χ3n) is 6.46. The molecule has 4 aromatic carbocycles. The minimum Gasteiger partial charge on any atom is -0.497 e. The number of para-hydroxylation sites is 1. The molecule has 0 aromatic heterocycles. The van der Waals surface area contributed by atoms with E-state index in [0.29, 0.717) is 17.7 Å². The number of carbonyl (C=O) groups excluding carboxylic acids is 2. The molecule has 0 spiro atoms. The molecule has 1 unspecified atom stereocenters. The van der Waals surface area contributed by atoms with Gasteiger partial charge in [0, 0.05) is 6.42 Å². The molecule has 39 heavy (non-hydrogen) atoms. The molecule has 4 aromatic rings. The standard InChI is InChI=1S/C31H25N3O5/c1-37-26-14-12-22(13-15-26)28-17-27(24-11-10-21-6-2-3-7-23(21)16-24)33-34(28)30(35)19-39-31(36)20-38-29-9-5-4-8-25(29)18-32/h2-16,28H,17,19-20H2,1H3. The molecule has 1 aliphatic rings. The molecule has 8 nitrogen and oxygen atoms in total. The first-order valence-electron chi connectivity index (χ1n) is 12.4. The van der Waals surface area contributed by atoms with Crippen molar-refractivity contribution in [3.63, 3.8) is 0 Å². The summed E-state index contributed by atoms with van der Waals surface area (Å²) < 4.78 is 15.9. The molecule has 1 amide bonds. The summed E-state index contributed by atoms with van der Waals surface area (Å²) in [5.41, 5.74) is 2.87.